The number of ether oxygens (including phenoxy) is 1. The fourth-order valence-corrected chi connectivity index (χ4v) is 3.50. The fraction of sp³-hybridized carbons (Fsp3) is 0.200. The Labute approximate surface area is 169 Å². The van der Waals surface area contributed by atoms with Gasteiger partial charge < -0.3 is 9.84 Å². The van der Waals surface area contributed by atoms with Crippen molar-refractivity contribution in [1.29, 1.82) is 0 Å². The molecule has 4 nitrogen and oxygen atoms in total. The average Bonchev–Trinajstić information content (AvgIpc) is 2.66. The molecule has 0 saturated heterocycles. The van der Waals surface area contributed by atoms with E-state index in [1.807, 2.05) is 12.1 Å². The van der Waals surface area contributed by atoms with E-state index in [4.69, 9.17) is 33.0 Å². The Morgan fingerprint density at radius 3 is 2.36 bits per heavy atom. The average molecular weight is 426 g/mol. The van der Waals surface area contributed by atoms with E-state index in [9.17, 15) is 13.6 Å². The van der Waals surface area contributed by atoms with E-state index in [1.165, 1.54) is 7.11 Å². The smallest absolute Gasteiger partial charge is 0.307 e. The lowest BCUT2D eigenvalue weighted by Crippen LogP contribution is -2.09. The first-order valence-corrected chi connectivity index (χ1v) is 8.98. The molecule has 0 amide bonds. The third-order valence-electron chi connectivity index (χ3n) is 4.44. The van der Waals surface area contributed by atoms with Crippen LogP contribution in [0.25, 0.3) is 10.9 Å². The Hall–Kier alpha value is -2.44. The summed E-state index contributed by atoms with van der Waals surface area (Å²) >= 11 is 11.9. The van der Waals surface area contributed by atoms with Crippen molar-refractivity contribution in [3.8, 4) is 5.75 Å². The van der Waals surface area contributed by atoms with Crippen molar-refractivity contribution in [3.63, 3.8) is 0 Å². The molecule has 3 aromatic rings. The van der Waals surface area contributed by atoms with Gasteiger partial charge in [-0.25, -0.2) is 8.78 Å². The van der Waals surface area contributed by atoms with Gasteiger partial charge in [-0.1, -0.05) is 35.3 Å². The molecule has 0 radical (unpaired) electrons. The molecule has 0 unspecified atom stereocenters. The van der Waals surface area contributed by atoms with Gasteiger partial charge in [0.25, 0.3) is 0 Å². The van der Waals surface area contributed by atoms with E-state index in [1.54, 1.807) is 19.1 Å². The molecule has 1 aromatic heterocycles. The molecule has 8 heteroatoms. The largest absolute Gasteiger partial charge is 0.496 e. The molecule has 0 spiro atoms. The van der Waals surface area contributed by atoms with Crippen molar-refractivity contribution in [1.82, 2.24) is 4.98 Å². The van der Waals surface area contributed by atoms with Gasteiger partial charge in [-0.3, -0.25) is 9.78 Å². The minimum absolute atomic E-state index is 0.0361. The van der Waals surface area contributed by atoms with Crippen LogP contribution in [-0.4, -0.2) is 23.2 Å². The molecule has 2 aromatic carbocycles. The fourth-order valence-electron chi connectivity index (χ4n) is 3.15. The minimum atomic E-state index is -1.33. The van der Waals surface area contributed by atoms with Crippen molar-refractivity contribution in [2.24, 2.45) is 0 Å². The molecular formula is C20H15Cl2F2NO3. The first-order chi connectivity index (χ1) is 13.2. The van der Waals surface area contributed by atoms with E-state index < -0.39 is 29.0 Å². The second-order valence-corrected chi connectivity index (χ2v) is 7.04. The summed E-state index contributed by atoms with van der Waals surface area (Å²) in [6.45, 7) is 1.70. The first kappa shape index (κ1) is 20.3. The van der Waals surface area contributed by atoms with Crippen LogP contribution in [0, 0.1) is 18.6 Å². The van der Waals surface area contributed by atoms with E-state index in [2.05, 4.69) is 4.98 Å². The minimum Gasteiger partial charge on any atom is -0.496 e. The van der Waals surface area contributed by atoms with E-state index in [0.717, 1.165) is 5.56 Å². The van der Waals surface area contributed by atoms with Crippen LogP contribution in [0.3, 0.4) is 0 Å². The number of methoxy groups -OCH3 is 1. The molecule has 0 fully saturated rings. The second-order valence-electron chi connectivity index (χ2n) is 6.23. The summed E-state index contributed by atoms with van der Waals surface area (Å²) in [6.07, 6.45) is -0.365. The summed E-state index contributed by atoms with van der Waals surface area (Å²) in [7, 11) is 1.37. The zero-order valence-corrected chi connectivity index (χ0v) is 16.5. The van der Waals surface area contributed by atoms with E-state index in [0.29, 0.717) is 22.7 Å². The van der Waals surface area contributed by atoms with Gasteiger partial charge in [-0.2, -0.15) is 0 Å². The highest BCUT2D eigenvalue weighted by Gasteiger charge is 2.26. The van der Waals surface area contributed by atoms with Crippen LogP contribution in [0.15, 0.2) is 24.3 Å². The third kappa shape index (κ3) is 3.62. The molecule has 0 bridgehead atoms. The third-order valence-corrected chi connectivity index (χ3v) is 5.04. The van der Waals surface area contributed by atoms with Crippen molar-refractivity contribution in [2.75, 3.05) is 7.11 Å². The molecule has 1 N–H and O–H groups in total. The summed E-state index contributed by atoms with van der Waals surface area (Å²) in [5.41, 5.74) is 1.62. The van der Waals surface area contributed by atoms with Crippen molar-refractivity contribution >= 4 is 40.1 Å². The SMILES string of the molecule is COc1c(Cc2ccc(Cl)cc2)c(C)nc2c(Cl)c(F)c(F)c(CC(=O)O)c12. The van der Waals surface area contributed by atoms with Gasteiger partial charge in [0.2, 0.25) is 0 Å². The normalized spacial score (nSPS) is 11.1. The Balaban J connectivity index is 2.34. The Morgan fingerprint density at radius 1 is 1.14 bits per heavy atom. The molecule has 1 heterocycles. The highest BCUT2D eigenvalue weighted by Crippen LogP contribution is 2.40. The van der Waals surface area contributed by atoms with Crippen LogP contribution in [0.1, 0.15) is 22.4 Å². The molecule has 3 rings (SSSR count). The number of aromatic nitrogens is 1. The molecule has 0 aliphatic heterocycles. The number of carboxylic acid groups (broad SMARTS) is 1. The van der Waals surface area contributed by atoms with Crippen LogP contribution in [0.2, 0.25) is 10.0 Å². The molecule has 146 valence electrons. The summed E-state index contributed by atoms with van der Waals surface area (Å²) in [6, 6.07) is 7.10. The summed E-state index contributed by atoms with van der Waals surface area (Å²) in [4.78, 5) is 15.6. The van der Waals surface area contributed by atoms with Gasteiger partial charge in [-0.05, 0) is 24.6 Å². The van der Waals surface area contributed by atoms with Gasteiger partial charge in [-0.15, -0.1) is 0 Å². The maximum atomic E-state index is 14.6. The lowest BCUT2D eigenvalue weighted by atomic mass is 9.96. The molecule has 28 heavy (non-hydrogen) atoms. The number of benzene rings is 2. The zero-order chi connectivity index (χ0) is 20.6. The Kier molecular flexibility index (Phi) is 5.72. The lowest BCUT2D eigenvalue weighted by molar-refractivity contribution is -0.136. The van der Waals surface area contributed by atoms with Gasteiger partial charge in [0.15, 0.2) is 11.6 Å². The zero-order valence-electron chi connectivity index (χ0n) is 14.9. The van der Waals surface area contributed by atoms with Crippen LogP contribution in [0.4, 0.5) is 8.78 Å². The van der Waals surface area contributed by atoms with Gasteiger partial charge in [0.1, 0.15) is 10.8 Å². The van der Waals surface area contributed by atoms with E-state index >= 15 is 0 Å². The maximum Gasteiger partial charge on any atom is 0.307 e. The van der Waals surface area contributed by atoms with E-state index in [-0.39, 0.29) is 22.2 Å². The van der Waals surface area contributed by atoms with Crippen LogP contribution in [-0.2, 0) is 17.6 Å². The van der Waals surface area contributed by atoms with Gasteiger partial charge >= 0.3 is 5.97 Å². The van der Waals surface area contributed by atoms with Gasteiger partial charge in [0.05, 0.1) is 24.4 Å². The number of nitrogens with zero attached hydrogens (tertiary/aromatic N) is 1. The molecule has 0 aliphatic rings. The Morgan fingerprint density at radius 2 is 1.79 bits per heavy atom. The number of pyridine rings is 1. The topological polar surface area (TPSA) is 59.4 Å². The number of hydrogen-bond acceptors (Lipinski definition) is 3. The highest BCUT2D eigenvalue weighted by atomic mass is 35.5. The molecule has 0 atom stereocenters. The van der Waals surface area contributed by atoms with Gasteiger partial charge in [0, 0.05) is 28.3 Å². The summed E-state index contributed by atoms with van der Waals surface area (Å²) < 4.78 is 34.3. The number of hydrogen-bond donors (Lipinski definition) is 1. The van der Waals surface area contributed by atoms with Crippen LogP contribution < -0.4 is 4.74 Å². The second kappa shape index (κ2) is 7.89. The molecular weight excluding hydrogens is 411 g/mol. The highest BCUT2D eigenvalue weighted by molar-refractivity contribution is 6.35. The number of halogens is 4. The number of fused-ring (bicyclic) bond motifs is 1. The van der Waals surface area contributed by atoms with Crippen molar-refractivity contribution < 1.29 is 23.4 Å². The Bertz CT molecular complexity index is 1090. The number of carbonyl (C=O) groups is 1. The number of aryl methyl sites for hydroxylation is 1. The monoisotopic (exact) mass is 425 g/mol. The molecule has 0 aliphatic carbocycles. The summed E-state index contributed by atoms with van der Waals surface area (Å²) in [5.74, 6) is -3.75. The number of carboxylic acids is 1. The lowest BCUT2D eigenvalue weighted by Gasteiger charge is -2.18. The number of aliphatic carboxylic acids is 1. The van der Waals surface area contributed by atoms with Crippen molar-refractivity contribution in [3.05, 3.63) is 68.3 Å². The van der Waals surface area contributed by atoms with Crippen molar-refractivity contribution in [2.45, 2.75) is 19.8 Å². The predicted molar refractivity (Wildman–Crippen MR) is 104 cm³/mol. The summed E-state index contributed by atoms with van der Waals surface area (Å²) in [5, 5.41) is 9.29. The maximum absolute atomic E-state index is 14.6. The first-order valence-electron chi connectivity index (χ1n) is 8.23. The number of rotatable bonds is 5. The molecule has 0 saturated carbocycles. The van der Waals surface area contributed by atoms with Crippen LogP contribution in [0.5, 0.6) is 5.75 Å². The standard InChI is InChI=1S/C20H15Cl2F2NO3/c1-9-12(7-10-3-5-11(21)6-4-10)20(28-2)15-13(8-14(26)27)17(23)18(24)16(22)19(15)25-9/h3-6H,7-8H2,1-2H3,(H,26,27). The predicted octanol–water partition coefficient (Wildman–Crippen LogP) is 5.35. The van der Waals surface area contributed by atoms with Crippen LogP contribution >= 0.6 is 23.2 Å². The quantitative estimate of drug-likeness (QED) is 0.559.